The Balaban J connectivity index is 1.17. The molecule has 0 bridgehead atoms. The lowest BCUT2D eigenvalue weighted by Crippen LogP contribution is -2.43. The zero-order valence-electron chi connectivity index (χ0n) is 20.7. The van der Waals surface area contributed by atoms with Crippen molar-refractivity contribution in [1.29, 1.82) is 0 Å². The normalized spacial score (nSPS) is 21.4. The largest absolute Gasteiger partial charge is 0.481 e. The first-order valence-electron chi connectivity index (χ1n) is 13.4. The molecular weight excluding hydrogens is 438 g/mol. The fraction of sp³-hybridized carbons (Fsp3) is 0.571. The van der Waals surface area contributed by atoms with E-state index < -0.39 is 5.97 Å². The number of rotatable bonds is 9. The molecule has 2 fully saturated rings. The molecule has 0 saturated carbocycles. The second kappa shape index (κ2) is 11.4. The van der Waals surface area contributed by atoms with Crippen LogP contribution in [0, 0.1) is 5.92 Å². The number of aromatic nitrogens is 1. The van der Waals surface area contributed by atoms with E-state index in [0.717, 1.165) is 83.0 Å². The van der Waals surface area contributed by atoms with Crippen molar-refractivity contribution in [3.05, 3.63) is 53.2 Å². The summed E-state index contributed by atoms with van der Waals surface area (Å²) in [6, 6.07) is 13.0. The van der Waals surface area contributed by atoms with Crippen molar-refractivity contribution < 1.29 is 9.90 Å². The van der Waals surface area contributed by atoms with Crippen LogP contribution in [0.5, 0.6) is 0 Å². The Morgan fingerprint density at radius 1 is 1.14 bits per heavy atom. The third kappa shape index (κ3) is 6.33. The topological polar surface area (TPSA) is 80.7 Å². The molecule has 2 unspecified atom stereocenters. The van der Waals surface area contributed by atoms with Crippen molar-refractivity contribution in [2.45, 2.75) is 44.4 Å². The minimum absolute atomic E-state index is 0.0162. The number of hydrogen-bond donors (Lipinski definition) is 3. The van der Waals surface area contributed by atoms with Crippen molar-refractivity contribution in [2.75, 3.05) is 62.6 Å². The van der Waals surface area contributed by atoms with Crippen LogP contribution in [0.1, 0.15) is 48.4 Å². The van der Waals surface area contributed by atoms with E-state index in [1.54, 1.807) is 0 Å². The quantitative estimate of drug-likeness (QED) is 0.511. The molecule has 2 aromatic rings. The van der Waals surface area contributed by atoms with Crippen molar-refractivity contribution in [3.63, 3.8) is 0 Å². The lowest BCUT2D eigenvalue weighted by molar-refractivity contribution is -0.137. The highest BCUT2D eigenvalue weighted by molar-refractivity contribution is 5.68. The molecule has 2 atom stereocenters. The number of fused-ring (bicyclic) bond motifs is 1. The maximum absolute atomic E-state index is 11.7. The highest BCUT2D eigenvalue weighted by Crippen LogP contribution is 2.29. The minimum atomic E-state index is -0.717. The number of carboxylic acids is 1. The number of nitrogens with zero attached hydrogens (tertiary/aromatic N) is 3. The van der Waals surface area contributed by atoms with Crippen LogP contribution in [0.15, 0.2) is 36.4 Å². The number of pyridine rings is 1. The molecule has 4 heterocycles. The Labute approximate surface area is 208 Å². The van der Waals surface area contributed by atoms with Crippen LogP contribution in [-0.2, 0) is 17.6 Å². The van der Waals surface area contributed by atoms with Crippen LogP contribution < -0.4 is 15.5 Å². The number of hydrogen-bond acceptors (Lipinski definition) is 6. The monoisotopic (exact) mass is 477 g/mol. The summed E-state index contributed by atoms with van der Waals surface area (Å²) >= 11 is 0. The molecule has 3 aliphatic heterocycles. The van der Waals surface area contributed by atoms with Crippen LogP contribution in [0.25, 0.3) is 0 Å². The van der Waals surface area contributed by atoms with Crippen molar-refractivity contribution in [2.24, 2.45) is 5.92 Å². The SMILES string of the molecule is O=C(O)CC(CN1CCC(CCc2ccc3c(n2)NCCC3)C1)c1cccc(N2CCNCC2)c1. The summed E-state index contributed by atoms with van der Waals surface area (Å²) in [5, 5.41) is 16.5. The predicted molar refractivity (Wildman–Crippen MR) is 140 cm³/mol. The number of aryl methyl sites for hydroxylation is 2. The van der Waals surface area contributed by atoms with E-state index in [1.807, 2.05) is 0 Å². The van der Waals surface area contributed by atoms with Gasteiger partial charge in [-0.1, -0.05) is 18.2 Å². The first-order chi connectivity index (χ1) is 17.1. The molecular formula is C28H39N5O2. The predicted octanol–water partition coefficient (Wildman–Crippen LogP) is 3.36. The van der Waals surface area contributed by atoms with Gasteiger partial charge in [0.05, 0.1) is 6.42 Å². The van der Waals surface area contributed by atoms with Gasteiger partial charge in [-0.05, 0) is 73.9 Å². The summed E-state index contributed by atoms with van der Waals surface area (Å²) in [5.74, 6) is 1.03. The molecule has 1 aromatic heterocycles. The number of nitrogens with one attached hydrogen (secondary N) is 2. The Morgan fingerprint density at radius 2 is 2.03 bits per heavy atom. The first kappa shape index (κ1) is 24.1. The van der Waals surface area contributed by atoms with Gasteiger partial charge in [0.25, 0.3) is 0 Å². The average molecular weight is 478 g/mol. The summed E-state index contributed by atoms with van der Waals surface area (Å²) in [6.07, 6.45) is 5.84. The molecule has 0 radical (unpaired) electrons. The van der Waals surface area contributed by atoms with Gasteiger partial charge in [-0.15, -0.1) is 0 Å². The van der Waals surface area contributed by atoms with Crippen molar-refractivity contribution in [1.82, 2.24) is 15.2 Å². The van der Waals surface area contributed by atoms with Crippen molar-refractivity contribution in [3.8, 4) is 0 Å². The molecule has 3 aliphatic rings. The van der Waals surface area contributed by atoms with Crippen LogP contribution in [0.3, 0.4) is 0 Å². The summed E-state index contributed by atoms with van der Waals surface area (Å²) in [4.78, 5) is 21.5. The average Bonchev–Trinajstić information content (AvgIpc) is 3.34. The van der Waals surface area contributed by atoms with Crippen LogP contribution in [-0.4, -0.2) is 73.3 Å². The minimum Gasteiger partial charge on any atom is -0.481 e. The molecule has 2 saturated heterocycles. The lowest BCUT2D eigenvalue weighted by Gasteiger charge is -2.30. The summed E-state index contributed by atoms with van der Waals surface area (Å²) in [7, 11) is 0. The van der Waals surface area contributed by atoms with Gasteiger partial charge in [-0.2, -0.15) is 0 Å². The molecule has 7 heteroatoms. The third-order valence-electron chi connectivity index (χ3n) is 7.85. The molecule has 5 rings (SSSR count). The van der Waals surface area contributed by atoms with Gasteiger partial charge in [-0.25, -0.2) is 4.98 Å². The van der Waals surface area contributed by atoms with E-state index in [0.29, 0.717) is 5.92 Å². The number of benzene rings is 1. The standard InChI is InChI=1S/C28H39N5O2/c34-27(35)18-24(23-3-1-5-26(17-23)33-15-12-29-13-16-33)20-32-14-10-21(19-32)6-8-25-9-7-22-4-2-11-30-28(22)31-25/h1,3,5,7,9,17,21,24,29H,2,4,6,8,10-16,18-20H2,(H,30,31)(H,34,35). The summed E-state index contributed by atoms with van der Waals surface area (Å²) in [5.41, 5.74) is 4.89. The molecule has 0 spiro atoms. The lowest BCUT2D eigenvalue weighted by atomic mass is 9.94. The van der Waals surface area contributed by atoms with E-state index in [9.17, 15) is 9.90 Å². The van der Waals surface area contributed by atoms with Crippen LogP contribution in [0.2, 0.25) is 0 Å². The van der Waals surface area contributed by atoms with Gasteiger partial charge in [-0.3, -0.25) is 4.79 Å². The van der Waals surface area contributed by atoms with Gasteiger partial charge in [0, 0.05) is 63.1 Å². The number of piperazine rings is 1. The maximum Gasteiger partial charge on any atom is 0.304 e. The fourth-order valence-electron chi connectivity index (χ4n) is 5.88. The van der Waals surface area contributed by atoms with E-state index in [1.165, 1.54) is 29.8 Å². The Kier molecular flexibility index (Phi) is 7.84. The highest BCUT2D eigenvalue weighted by Gasteiger charge is 2.27. The zero-order chi connectivity index (χ0) is 24.0. The number of aliphatic carboxylic acids is 1. The number of likely N-dealkylation sites (tertiary alicyclic amines) is 1. The van der Waals surface area contributed by atoms with E-state index in [-0.39, 0.29) is 12.3 Å². The molecule has 188 valence electrons. The van der Waals surface area contributed by atoms with Gasteiger partial charge < -0.3 is 25.5 Å². The second-order valence-corrected chi connectivity index (χ2v) is 10.4. The fourth-order valence-corrected chi connectivity index (χ4v) is 5.88. The molecule has 0 amide bonds. The van der Waals surface area contributed by atoms with E-state index in [2.05, 4.69) is 56.8 Å². The number of carboxylic acid groups (broad SMARTS) is 1. The van der Waals surface area contributed by atoms with Gasteiger partial charge >= 0.3 is 5.97 Å². The Hall–Kier alpha value is -2.64. The smallest absolute Gasteiger partial charge is 0.304 e. The first-order valence-corrected chi connectivity index (χ1v) is 13.4. The Morgan fingerprint density at radius 3 is 2.89 bits per heavy atom. The van der Waals surface area contributed by atoms with Crippen LogP contribution in [0.4, 0.5) is 11.5 Å². The highest BCUT2D eigenvalue weighted by atomic mass is 16.4. The van der Waals surface area contributed by atoms with Crippen molar-refractivity contribution >= 4 is 17.5 Å². The zero-order valence-corrected chi connectivity index (χ0v) is 20.7. The molecule has 0 aliphatic carbocycles. The van der Waals surface area contributed by atoms with Gasteiger partial charge in [0.2, 0.25) is 0 Å². The molecule has 1 aromatic carbocycles. The second-order valence-electron chi connectivity index (χ2n) is 10.4. The van der Waals surface area contributed by atoms with Gasteiger partial charge in [0.15, 0.2) is 0 Å². The molecule has 7 nitrogen and oxygen atoms in total. The summed E-state index contributed by atoms with van der Waals surface area (Å²) in [6.45, 7) is 7.93. The number of anilines is 2. The van der Waals surface area contributed by atoms with E-state index >= 15 is 0 Å². The van der Waals surface area contributed by atoms with E-state index in [4.69, 9.17) is 4.98 Å². The van der Waals surface area contributed by atoms with Crippen LogP contribution >= 0.6 is 0 Å². The third-order valence-corrected chi connectivity index (χ3v) is 7.85. The number of carbonyl (C=O) groups is 1. The molecule has 35 heavy (non-hydrogen) atoms. The molecule has 3 N–H and O–H groups in total. The summed E-state index contributed by atoms with van der Waals surface area (Å²) < 4.78 is 0. The maximum atomic E-state index is 11.7. The Bertz CT molecular complexity index is 1010. The van der Waals surface area contributed by atoms with Gasteiger partial charge in [0.1, 0.15) is 5.82 Å².